The van der Waals surface area contributed by atoms with Gasteiger partial charge in [0, 0.05) is 19.2 Å². The summed E-state index contributed by atoms with van der Waals surface area (Å²) >= 11 is 5.14. The van der Waals surface area contributed by atoms with Crippen LogP contribution < -0.4 is 9.47 Å². The second-order valence-corrected chi connectivity index (χ2v) is 3.60. The van der Waals surface area contributed by atoms with Crippen LogP contribution in [0, 0.1) is 4.77 Å². The van der Waals surface area contributed by atoms with Crippen LogP contribution in [0.15, 0.2) is 12.1 Å². The van der Waals surface area contributed by atoms with E-state index in [-0.39, 0.29) is 0 Å². The molecule has 1 heterocycles. The molecule has 2 aromatic rings. The standard InChI is InChI=1S/C10H12N2O2S/c1-12-7-5-9(14-3)8(13-2)4-6(7)11-10(12)15/h4-5H,1-3H3,(H,11,15). The molecule has 2 rings (SSSR count). The zero-order valence-corrected chi connectivity index (χ0v) is 9.64. The Kier molecular flexibility index (Phi) is 2.40. The number of hydrogen-bond acceptors (Lipinski definition) is 3. The Hall–Kier alpha value is -1.49. The monoisotopic (exact) mass is 224 g/mol. The van der Waals surface area contributed by atoms with Gasteiger partial charge in [0.25, 0.3) is 0 Å². The molecule has 0 aliphatic heterocycles. The molecular formula is C10H12N2O2S. The molecule has 0 atom stereocenters. The van der Waals surface area contributed by atoms with Gasteiger partial charge in [0.15, 0.2) is 16.3 Å². The summed E-state index contributed by atoms with van der Waals surface area (Å²) in [4.78, 5) is 3.09. The van der Waals surface area contributed by atoms with E-state index in [4.69, 9.17) is 21.7 Å². The van der Waals surface area contributed by atoms with Crippen molar-refractivity contribution in [3.8, 4) is 11.5 Å². The van der Waals surface area contributed by atoms with Gasteiger partial charge in [0.05, 0.1) is 25.3 Å². The number of rotatable bonds is 2. The Labute approximate surface area is 92.4 Å². The summed E-state index contributed by atoms with van der Waals surface area (Å²) in [5, 5.41) is 0. The number of nitrogens with one attached hydrogen (secondary N) is 1. The van der Waals surface area contributed by atoms with E-state index in [2.05, 4.69) is 4.98 Å². The predicted molar refractivity (Wildman–Crippen MR) is 61.2 cm³/mol. The van der Waals surface area contributed by atoms with E-state index in [1.54, 1.807) is 14.2 Å². The lowest BCUT2D eigenvalue weighted by atomic mass is 10.2. The highest BCUT2D eigenvalue weighted by Gasteiger charge is 2.08. The Morgan fingerprint density at radius 2 is 1.80 bits per heavy atom. The largest absolute Gasteiger partial charge is 0.493 e. The molecule has 80 valence electrons. The van der Waals surface area contributed by atoms with Crippen molar-refractivity contribution in [1.29, 1.82) is 0 Å². The molecule has 0 saturated heterocycles. The molecule has 0 unspecified atom stereocenters. The van der Waals surface area contributed by atoms with Crippen LogP contribution in [-0.2, 0) is 7.05 Å². The quantitative estimate of drug-likeness (QED) is 0.795. The Morgan fingerprint density at radius 1 is 1.20 bits per heavy atom. The summed E-state index contributed by atoms with van der Waals surface area (Å²) in [6.07, 6.45) is 0. The molecule has 0 fully saturated rings. The molecule has 1 N–H and O–H groups in total. The molecule has 0 radical (unpaired) electrons. The molecule has 0 saturated carbocycles. The van der Waals surface area contributed by atoms with Gasteiger partial charge in [-0.05, 0) is 12.2 Å². The van der Waals surface area contributed by atoms with Gasteiger partial charge < -0.3 is 19.0 Å². The maximum Gasteiger partial charge on any atom is 0.177 e. The van der Waals surface area contributed by atoms with Crippen molar-refractivity contribution in [2.24, 2.45) is 7.05 Å². The van der Waals surface area contributed by atoms with E-state index in [0.717, 1.165) is 11.0 Å². The molecule has 0 amide bonds. The van der Waals surface area contributed by atoms with Crippen LogP contribution >= 0.6 is 12.2 Å². The normalized spacial score (nSPS) is 10.6. The maximum atomic E-state index is 5.22. The third-order valence-electron chi connectivity index (χ3n) is 2.41. The lowest BCUT2D eigenvalue weighted by molar-refractivity contribution is 0.355. The highest BCUT2D eigenvalue weighted by atomic mass is 32.1. The Morgan fingerprint density at radius 3 is 2.40 bits per heavy atom. The second kappa shape index (κ2) is 3.58. The van der Waals surface area contributed by atoms with Crippen molar-refractivity contribution in [2.75, 3.05) is 14.2 Å². The number of ether oxygens (including phenoxy) is 2. The maximum absolute atomic E-state index is 5.22. The van der Waals surface area contributed by atoms with Crippen molar-refractivity contribution in [3.63, 3.8) is 0 Å². The van der Waals surface area contributed by atoms with Gasteiger partial charge in [-0.3, -0.25) is 0 Å². The third-order valence-corrected chi connectivity index (χ3v) is 2.79. The number of aryl methyl sites for hydroxylation is 1. The van der Waals surface area contributed by atoms with Crippen molar-refractivity contribution >= 4 is 23.3 Å². The summed E-state index contributed by atoms with van der Waals surface area (Å²) in [5.41, 5.74) is 1.94. The summed E-state index contributed by atoms with van der Waals surface area (Å²) < 4.78 is 13.0. The predicted octanol–water partition coefficient (Wildman–Crippen LogP) is 2.25. The minimum Gasteiger partial charge on any atom is -0.493 e. The number of imidazole rings is 1. The summed E-state index contributed by atoms with van der Waals surface area (Å²) in [6.45, 7) is 0. The van der Waals surface area contributed by atoms with Crippen LogP contribution in [0.4, 0.5) is 0 Å². The topological polar surface area (TPSA) is 39.2 Å². The molecule has 1 aromatic heterocycles. The third kappa shape index (κ3) is 1.48. The number of H-pyrrole nitrogens is 1. The minimum atomic E-state index is 0.681. The Bertz CT molecular complexity index is 556. The summed E-state index contributed by atoms with van der Waals surface area (Å²) in [5.74, 6) is 1.40. The molecule has 0 bridgehead atoms. The molecule has 1 aromatic carbocycles. The highest BCUT2D eigenvalue weighted by Crippen LogP contribution is 2.31. The van der Waals surface area contributed by atoms with Gasteiger partial charge in [-0.1, -0.05) is 0 Å². The molecule has 15 heavy (non-hydrogen) atoms. The number of methoxy groups -OCH3 is 2. The van der Waals surface area contributed by atoms with E-state index in [0.29, 0.717) is 16.3 Å². The van der Waals surface area contributed by atoms with Gasteiger partial charge in [-0.2, -0.15) is 0 Å². The fraction of sp³-hybridized carbons (Fsp3) is 0.300. The van der Waals surface area contributed by atoms with E-state index in [1.165, 1.54) is 0 Å². The molecule has 0 aliphatic rings. The van der Waals surface area contributed by atoms with Gasteiger partial charge in [-0.25, -0.2) is 0 Å². The zero-order chi connectivity index (χ0) is 11.0. The van der Waals surface area contributed by atoms with E-state index in [1.807, 2.05) is 23.7 Å². The number of benzene rings is 1. The van der Waals surface area contributed by atoms with Gasteiger partial charge in [-0.15, -0.1) is 0 Å². The van der Waals surface area contributed by atoms with Gasteiger partial charge >= 0.3 is 0 Å². The molecule has 4 nitrogen and oxygen atoms in total. The first-order valence-electron chi connectivity index (χ1n) is 4.48. The highest BCUT2D eigenvalue weighted by molar-refractivity contribution is 7.71. The summed E-state index contributed by atoms with van der Waals surface area (Å²) in [7, 11) is 5.14. The van der Waals surface area contributed by atoms with Crippen molar-refractivity contribution in [3.05, 3.63) is 16.9 Å². The smallest absolute Gasteiger partial charge is 0.177 e. The van der Waals surface area contributed by atoms with Crippen LogP contribution in [0.5, 0.6) is 11.5 Å². The fourth-order valence-electron chi connectivity index (χ4n) is 1.55. The molecule has 5 heteroatoms. The van der Waals surface area contributed by atoms with E-state index in [9.17, 15) is 0 Å². The van der Waals surface area contributed by atoms with Crippen LogP contribution in [0.1, 0.15) is 0 Å². The number of hydrogen-bond donors (Lipinski definition) is 1. The number of nitrogens with zero attached hydrogens (tertiary/aromatic N) is 1. The van der Waals surface area contributed by atoms with E-state index >= 15 is 0 Å². The van der Waals surface area contributed by atoms with Crippen LogP contribution in [0.3, 0.4) is 0 Å². The van der Waals surface area contributed by atoms with Crippen molar-refractivity contribution in [1.82, 2.24) is 9.55 Å². The van der Waals surface area contributed by atoms with Crippen molar-refractivity contribution < 1.29 is 9.47 Å². The lowest BCUT2D eigenvalue weighted by Crippen LogP contribution is -1.92. The summed E-state index contributed by atoms with van der Waals surface area (Å²) in [6, 6.07) is 3.78. The zero-order valence-electron chi connectivity index (χ0n) is 8.83. The fourth-order valence-corrected chi connectivity index (χ4v) is 1.76. The first kappa shape index (κ1) is 10.0. The number of fused-ring (bicyclic) bond motifs is 1. The lowest BCUT2D eigenvalue weighted by Gasteiger charge is -2.07. The minimum absolute atomic E-state index is 0.681. The molecular weight excluding hydrogens is 212 g/mol. The first-order chi connectivity index (χ1) is 7.17. The van der Waals surface area contributed by atoms with Crippen LogP contribution in [0.25, 0.3) is 11.0 Å². The van der Waals surface area contributed by atoms with E-state index < -0.39 is 0 Å². The van der Waals surface area contributed by atoms with Gasteiger partial charge in [0.1, 0.15) is 0 Å². The van der Waals surface area contributed by atoms with Crippen LogP contribution in [0.2, 0.25) is 0 Å². The Balaban J connectivity index is 2.81. The molecule has 0 spiro atoms. The average molecular weight is 224 g/mol. The molecule has 0 aliphatic carbocycles. The second-order valence-electron chi connectivity index (χ2n) is 3.21. The van der Waals surface area contributed by atoms with Crippen LogP contribution in [-0.4, -0.2) is 23.8 Å². The first-order valence-corrected chi connectivity index (χ1v) is 4.89. The van der Waals surface area contributed by atoms with Gasteiger partial charge in [0.2, 0.25) is 0 Å². The number of aromatic nitrogens is 2. The van der Waals surface area contributed by atoms with Crippen molar-refractivity contribution in [2.45, 2.75) is 0 Å². The average Bonchev–Trinajstić information content (AvgIpc) is 2.53. The number of aromatic amines is 1. The SMILES string of the molecule is COc1cc2[nH]c(=S)n(C)c2cc1OC.